The van der Waals surface area contributed by atoms with Gasteiger partial charge in [0.25, 0.3) is 0 Å². The molecule has 0 spiro atoms. The molecule has 0 aliphatic carbocycles. The molecule has 29 heavy (non-hydrogen) atoms. The second-order valence-corrected chi connectivity index (χ2v) is 8.82. The highest BCUT2D eigenvalue weighted by atomic mass is 16.2. The molecule has 5 nitrogen and oxygen atoms in total. The average molecular weight is 389 g/mol. The van der Waals surface area contributed by atoms with Crippen LogP contribution in [0.2, 0.25) is 0 Å². The minimum Gasteiger partial charge on any atom is -0.338 e. The van der Waals surface area contributed by atoms with E-state index >= 15 is 0 Å². The van der Waals surface area contributed by atoms with Crippen molar-refractivity contribution in [1.82, 2.24) is 19.5 Å². The summed E-state index contributed by atoms with van der Waals surface area (Å²) < 4.78 is 2.03. The molecule has 2 aromatic heterocycles. The van der Waals surface area contributed by atoms with Crippen LogP contribution in [0.5, 0.6) is 0 Å². The largest absolute Gasteiger partial charge is 0.338 e. The smallest absolute Gasteiger partial charge is 0.246 e. The van der Waals surface area contributed by atoms with Crippen LogP contribution in [0.4, 0.5) is 0 Å². The van der Waals surface area contributed by atoms with E-state index in [-0.39, 0.29) is 17.2 Å². The molecular formula is C24H28N4O. The molecular weight excluding hydrogens is 360 g/mol. The molecule has 3 heterocycles. The molecule has 4 rings (SSSR count). The van der Waals surface area contributed by atoms with Crippen LogP contribution < -0.4 is 0 Å². The van der Waals surface area contributed by atoms with E-state index in [1.165, 1.54) is 5.56 Å². The van der Waals surface area contributed by atoms with Gasteiger partial charge in [0.2, 0.25) is 5.91 Å². The molecule has 1 fully saturated rings. The summed E-state index contributed by atoms with van der Waals surface area (Å²) >= 11 is 0. The number of rotatable bonds is 3. The maximum absolute atomic E-state index is 12.8. The van der Waals surface area contributed by atoms with Crippen LogP contribution in [0.25, 0.3) is 11.7 Å². The lowest BCUT2D eigenvalue weighted by Gasteiger charge is -2.31. The third-order valence-electron chi connectivity index (χ3n) is 5.63. The summed E-state index contributed by atoms with van der Waals surface area (Å²) in [5.74, 6) is 1.22. The highest BCUT2D eigenvalue weighted by Gasteiger charge is 2.27. The van der Waals surface area contributed by atoms with Gasteiger partial charge in [-0.3, -0.25) is 9.20 Å². The minimum absolute atomic E-state index is 0.0587. The van der Waals surface area contributed by atoms with E-state index in [2.05, 4.69) is 55.2 Å². The topological polar surface area (TPSA) is 50.5 Å². The third kappa shape index (κ3) is 4.24. The van der Waals surface area contributed by atoms with Crippen molar-refractivity contribution in [3.05, 3.63) is 71.7 Å². The Kier molecular flexibility index (Phi) is 5.22. The fourth-order valence-corrected chi connectivity index (χ4v) is 3.89. The van der Waals surface area contributed by atoms with Crippen LogP contribution in [-0.2, 0) is 10.2 Å². The van der Waals surface area contributed by atoms with Gasteiger partial charge in [0.05, 0.1) is 0 Å². The Morgan fingerprint density at radius 3 is 2.66 bits per heavy atom. The second-order valence-electron chi connectivity index (χ2n) is 8.82. The van der Waals surface area contributed by atoms with Gasteiger partial charge >= 0.3 is 0 Å². The predicted octanol–water partition coefficient (Wildman–Crippen LogP) is 4.45. The number of pyridine rings is 1. The van der Waals surface area contributed by atoms with Crippen molar-refractivity contribution in [2.75, 3.05) is 13.1 Å². The molecule has 1 atom stereocenters. The fraction of sp³-hybridized carbons (Fsp3) is 0.375. The standard InChI is InChI=1S/C24H28N4O/c1-24(2,3)20-12-9-18(10-13-20)11-14-22(29)27-15-6-7-19(17-27)23-26-25-21-8-4-5-16-28(21)23/h4-5,8-14,16,19H,6-7,15,17H2,1-3H3/b14-11+. The first-order valence-electron chi connectivity index (χ1n) is 10.3. The molecule has 1 amide bonds. The highest BCUT2D eigenvalue weighted by molar-refractivity contribution is 5.91. The Morgan fingerprint density at radius 1 is 1.10 bits per heavy atom. The lowest BCUT2D eigenvalue weighted by atomic mass is 9.87. The van der Waals surface area contributed by atoms with Crippen molar-refractivity contribution in [3.63, 3.8) is 0 Å². The van der Waals surface area contributed by atoms with E-state index in [9.17, 15) is 4.79 Å². The normalized spacial score (nSPS) is 17.9. The molecule has 0 radical (unpaired) electrons. The number of carbonyl (C=O) groups is 1. The van der Waals surface area contributed by atoms with Crippen LogP contribution >= 0.6 is 0 Å². The lowest BCUT2D eigenvalue weighted by Crippen LogP contribution is -2.38. The zero-order valence-electron chi connectivity index (χ0n) is 17.4. The fourth-order valence-electron chi connectivity index (χ4n) is 3.89. The molecule has 0 N–H and O–H groups in total. The quantitative estimate of drug-likeness (QED) is 0.623. The number of piperidine rings is 1. The number of nitrogens with zero attached hydrogens (tertiary/aromatic N) is 4. The summed E-state index contributed by atoms with van der Waals surface area (Å²) in [6.45, 7) is 8.08. The minimum atomic E-state index is 0.0587. The Hall–Kier alpha value is -2.95. The molecule has 1 aliphatic rings. The van der Waals surface area contributed by atoms with E-state index in [1.807, 2.05) is 39.8 Å². The summed E-state index contributed by atoms with van der Waals surface area (Å²) in [4.78, 5) is 14.7. The molecule has 0 saturated carbocycles. The van der Waals surface area contributed by atoms with Crippen molar-refractivity contribution in [2.45, 2.75) is 44.9 Å². The van der Waals surface area contributed by atoms with Crippen molar-refractivity contribution in [3.8, 4) is 0 Å². The van der Waals surface area contributed by atoms with Crippen molar-refractivity contribution >= 4 is 17.6 Å². The van der Waals surface area contributed by atoms with Gasteiger partial charge in [-0.25, -0.2) is 0 Å². The SMILES string of the molecule is CC(C)(C)c1ccc(/C=C/C(=O)N2CCCC(c3nnc4ccccn34)C2)cc1. The van der Waals surface area contributed by atoms with E-state index in [0.717, 1.165) is 36.4 Å². The number of benzene rings is 1. The number of hydrogen-bond acceptors (Lipinski definition) is 3. The molecule has 3 aromatic rings. The van der Waals surface area contributed by atoms with Gasteiger partial charge in [-0.2, -0.15) is 0 Å². The molecule has 5 heteroatoms. The molecule has 0 bridgehead atoms. The second kappa shape index (κ2) is 7.82. The van der Waals surface area contributed by atoms with Crippen LogP contribution in [0.15, 0.2) is 54.7 Å². The molecule has 1 unspecified atom stereocenters. The van der Waals surface area contributed by atoms with E-state index < -0.39 is 0 Å². The lowest BCUT2D eigenvalue weighted by molar-refractivity contribution is -0.127. The first-order valence-corrected chi connectivity index (χ1v) is 10.3. The van der Waals surface area contributed by atoms with Crippen molar-refractivity contribution in [2.24, 2.45) is 0 Å². The Balaban J connectivity index is 1.44. The first-order chi connectivity index (χ1) is 13.9. The zero-order valence-corrected chi connectivity index (χ0v) is 17.4. The molecule has 1 saturated heterocycles. The number of hydrogen-bond donors (Lipinski definition) is 0. The van der Waals surface area contributed by atoms with Crippen LogP contribution in [-0.4, -0.2) is 38.5 Å². The third-order valence-corrected chi connectivity index (χ3v) is 5.63. The summed E-state index contributed by atoms with van der Waals surface area (Å²) in [5, 5.41) is 8.65. The van der Waals surface area contributed by atoms with E-state index in [0.29, 0.717) is 6.54 Å². The number of likely N-dealkylation sites (tertiary alicyclic amines) is 1. The van der Waals surface area contributed by atoms with Crippen molar-refractivity contribution < 1.29 is 4.79 Å². The summed E-state index contributed by atoms with van der Waals surface area (Å²) in [6, 6.07) is 14.3. The highest BCUT2D eigenvalue weighted by Crippen LogP contribution is 2.26. The van der Waals surface area contributed by atoms with Gasteiger partial charge < -0.3 is 4.90 Å². The van der Waals surface area contributed by atoms with Gasteiger partial charge in [-0.05, 0) is 47.6 Å². The van der Waals surface area contributed by atoms with Crippen LogP contribution in [0, 0.1) is 0 Å². The monoisotopic (exact) mass is 388 g/mol. The van der Waals surface area contributed by atoms with E-state index in [1.54, 1.807) is 6.08 Å². The first kappa shape index (κ1) is 19.4. The molecule has 1 aromatic carbocycles. The number of carbonyl (C=O) groups excluding carboxylic acids is 1. The van der Waals surface area contributed by atoms with Gasteiger partial charge in [0.15, 0.2) is 5.65 Å². The van der Waals surface area contributed by atoms with Crippen LogP contribution in [0.3, 0.4) is 0 Å². The summed E-state index contributed by atoms with van der Waals surface area (Å²) in [6.07, 6.45) is 7.59. The van der Waals surface area contributed by atoms with Gasteiger partial charge in [0.1, 0.15) is 5.82 Å². The van der Waals surface area contributed by atoms with Crippen molar-refractivity contribution in [1.29, 1.82) is 0 Å². The maximum atomic E-state index is 12.8. The molecule has 150 valence electrons. The summed E-state index contributed by atoms with van der Waals surface area (Å²) in [5.41, 5.74) is 3.32. The van der Waals surface area contributed by atoms with Gasteiger partial charge in [-0.1, -0.05) is 51.1 Å². The number of aromatic nitrogens is 3. The Labute approximate surface area is 172 Å². The molecule has 1 aliphatic heterocycles. The van der Waals surface area contributed by atoms with Gasteiger partial charge in [0, 0.05) is 31.3 Å². The zero-order chi connectivity index (χ0) is 20.4. The number of amides is 1. The Bertz CT molecular complexity index is 1030. The number of fused-ring (bicyclic) bond motifs is 1. The van der Waals surface area contributed by atoms with E-state index in [4.69, 9.17) is 0 Å². The summed E-state index contributed by atoms with van der Waals surface area (Å²) in [7, 11) is 0. The predicted molar refractivity (Wildman–Crippen MR) is 116 cm³/mol. The van der Waals surface area contributed by atoms with Gasteiger partial charge in [-0.15, -0.1) is 10.2 Å². The Morgan fingerprint density at radius 2 is 1.90 bits per heavy atom. The maximum Gasteiger partial charge on any atom is 0.246 e. The van der Waals surface area contributed by atoms with Crippen LogP contribution in [0.1, 0.15) is 56.5 Å². The average Bonchev–Trinajstić information content (AvgIpc) is 3.16.